The minimum atomic E-state index is -0.457. The van der Waals surface area contributed by atoms with E-state index in [-0.39, 0.29) is 11.6 Å². The standard InChI is InChI=1S/C16H32N2O2/c1-14(2,3)20-13(19)18-16(6,7)11-17-12-9-8-10-15(12,4)5/h12,17H,8-11H2,1-7H3,(H,18,19). The topological polar surface area (TPSA) is 50.4 Å². The van der Waals surface area contributed by atoms with Crippen molar-refractivity contribution in [3.63, 3.8) is 0 Å². The molecule has 0 heterocycles. The highest BCUT2D eigenvalue weighted by Crippen LogP contribution is 2.37. The Kier molecular flexibility index (Phi) is 5.12. The van der Waals surface area contributed by atoms with Gasteiger partial charge < -0.3 is 15.4 Å². The van der Waals surface area contributed by atoms with Gasteiger partial charge in [0.2, 0.25) is 0 Å². The van der Waals surface area contributed by atoms with Gasteiger partial charge in [0.05, 0.1) is 5.54 Å². The first-order chi connectivity index (χ1) is 8.91. The fourth-order valence-corrected chi connectivity index (χ4v) is 2.71. The maximum atomic E-state index is 11.8. The molecule has 1 rings (SSSR count). The normalized spacial score (nSPS) is 22.6. The third-order valence-electron chi connectivity index (χ3n) is 3.89. The van der Waals surface area contributed by atoms with Gasteiger partial charge in [-0.1, -0.05) is 20.3 Å². The van der Waals surface area contributed by atoms with Gasteiger partial charge in [-0.05, 0) is 52.9 Å². The van der Waals surface area contributed by atoms with E-state index in [2.05, 4.69) is 24.5 Å². The summed E-state index contributed by atoms with van der Waals surface area (Å²) in [7, 11) is 0. The first-order valence-electron chi connectivity index (χ1n) is 7.66. The molecular formula is C16H32N2O2. The van der Waals surface area contributed by atoms with Crippen molar-refractivity contribution < 1.29 is 9.53 Å². The fourth-order valence-electron chi connectivity index (χ4n) is 2.71. The van der Waals surface area contributed by atoms with Crippen LogP contribution in [0.2, 0.25) is 0 Å². The highest BCUT2D eigenvalue weighted by Gasteiger charge is 2.35. The Morgan fingerprint density at radius 1 is 1.25 bits per heavy atom. The lowest BCUT2D eigenvalue weighted by Gasteiger charge is -2.33. The molecule has 1 aliphatic rings. The first-order valence-corrected chi connectivity index (χ1v) is 7.66. The second-order valence-corrected chi connectivity index (χ2v) is 8.33. The molecule has 1 unspecified atom stereocenters. The van der Waals surface area contributed by atoms with E-state index >= 15 is 0 Å². The number of carbonyl (C=O) groups excluding carboxylic acids is 1. The van der Waals surface area contributed by atoms with Gasteiger partial charge in [0.15, 0.2) is 0 Å². The Labute approximate surface area is 124 Å². The molecule has 20 heavy (non-hydrogen) atoms. The van der Waals surface area contributed by atoms with Gasteiger partial charge in [-0.3, -0.25) is 0 Å². The second kappa shape index (κ2) is 5.92. The van der Waals surface area contributed by atoms with Gasteiger partial charge in [0, 0.05) is 12.6 Å². The van der Waals surface area contributed by atoms with Crippen molar-refractivity contribution in [1.29, 1.82) is 0 Å². The highest BCUT2D eigenvalue weighted by molar-refractivity contribution is 5.68. The second-order valence-electron chi connectivity index (χ2n) is 8.33. The number of nitrogens with one attached hydrogen (secondary N) is 2. The smallest absolute Gasteiger partial charge is 0.408 e. The molecule has 0 aromatic carbocycles. The Morgan fingerprint density at radius 2 is 1.85 bits per heavy atom. The van der Waals surface area contributed by atoms with Crippen molar-refractivity contribution >= 4 is 6.09 Å². The van der Waals surface area contributed by atoms with Gasteiger partial charge in [-0.15, -0.1) is 0 Å². The molecule has 1 fully saturated rings. The van der Waals surface area contributed by atoms with E-state index in [1.54, 1.807) is 0 Å². The molecule has 0 spiro atoms. The van der Waals surface area contributed by atoms with Crippen LogP contribution in [0.5, 0.6) is 0 Å². The number of amides is 1. The van der Waals surface area contributed by atoms with Crippen LogP contribution < -0.4 is 10.6 Å². The number of hydrogen-bond donors (Lipinski definition) is 2. The zero-order chi connectivity index (χ0) is 15.6. The summed E-state index contributed by atoms with van der Waals surface area (Å²) in [6.45, 7) is 15.0. The Morgan fingerprint density at radius 3 is 2.30 bits per heavy atom. The summed E-state index contributed by atoms with van der Waals surface area (Å²) in [5, 5.41) is 6.55. The SMILES string of the molecule is CC(C)(CNC1CCCC1(C)C)NC(=O)OC(C)(C)C. The maximum Gasteiger partial charge on any atom is 0.408 e. The summed E-state index contributed by atoms with van der Waals surface area (Å²) in [6, 6.07) is 0.530. The van der Waals surface area contributed by atoms with Crippen molar-refractivity contribution in [2.24, 2.45) is 5.41 Å². The monoisotopic (exact) mass is 284 g/mol. The summed E-state index contributed by atoms with van der Waals surface area (Å²) in [5.74, 6) is 0. The number of hydrogen-bond acceptors (Lipinski definition) is 3. The van der Waals surface area contributed by atoms with Crippen molar-refractivity contribution in [1.82, 2.24) is 10.6 Å². The molecule has 118 valence electrons. The van der Waals surface area contributed by atoms with E-state index in [9.17, 15) is 4.79 Å². The molecule has 0 radical (unpaired) electrons. The lowest BCUT2D eigenvalue weighted by molar-refractivity contribution is 0.0469. The number of carbonyl (C=O) groups is 1. The van der Waals surface area contributed by atoms with Gasteiger partial charge in [-0.2, -0.15) is 0 Å². The van der Waals surface area contributed by atoms with Crippen LogP contribution in [-0.2, 0) is 4.74 Å². The zero-order valence-electron chi connectivity index (χ0n) is 14.2. The molecule has 4 nitrogen and oxygen atoms in total. The molecule has 1 amide bonds. The predicted octanol–water partition coefficient (Wildman–Crippen LogP) is 3.46. The van der Waals surface area contributed by atoms with Crippen LogP contribution in [0.3, 0.4) is 0 Å². The molecule has 1 aliphatic carbocycles. The van der Waals surface area contributed by atoms with Crippen LogP contribution in [0.4, 0.5) is 4.79 Å². The van der Waals surface area contributed by atoms with Crippen LogP contribution >= 0.6 is 0 Å². The Hall–Kier alpha value is -0.770. The molecular weight excluding hydrogens is 252 g/mol. The quantitative estimate of drug-likeness (QED) is 0.831. The van der Waals surface area contributed by atoms with Crippen molar-refractivity contribution in [2.45, 2.75) is 84.9 Å². The fraction of sp³-hybridized carbons (Fsp3) is 0.938. The van der Waals surface area contributed by atoms with Gasteiger partial charge in [0.25, 0.3) is 0 Å². The van der Waals surface area contributed by atoms with Crippen molar-refractivity contribution in [3.05, 3.63) is 0 Å². The summed E-state index contributed by atoms with van der Waals surface area (Å²) >= 11 is 0. The Balaban J connectivity index is 2.43. The minimum Gasteiger partial charge on any atom is -0.444 e. The molecule has 1 atom stereocenters. The minimum absolute atomic E-state index is 0.318. The van der Waals surface area contributed by atoms with Crippen LogP contribution in [0.25, 0.3) is 0 Å². The summed E-state index contributed by atoms with van der Waals surface area (Å²) in [6.07, 6.45) is 3.42. The molecule has 0 aromatic rings. The molecule has 0 aliphatic heterocycles. The third kappa shape index (κ3) is 5.70. The van der Waals surface area contributed by atoms with E-state index in [4.69, 9.17) is 4.74 Å². The van der Waals surface area contributed by atoms with Crippen LogP contribution in [0, 0.1) is 5.41 Å². The Bertz CT molecular complexity index is 343. The summed E-state index contributed by atoms with van der Waals surface area (Å²) in [5.41, 5.74) is -0.427. The van der Waals surface area contributed by atoms with E-state index < -0.39 is 5.60 Å². The zero-order valence-corrected chi connectivity index (χ0v) is 14.2. The maximum absolute atomic E-state index is 11.8. The summed E-state index contributed by atoms with van der Waals surface area (Å²) in [4.78, 5) is 11.8. The van der Waals surface area contributed by atoms with Gasteiger partial charge in [-0.25, -0.2) is 4.79 Å². The lowest BCUT2D eigenvalue weighted by atomic mass is 9.87. The number of alkyl carbamates (subject to hydrolysis) is 1. The van der Waals surface area contributed by atoms with Gasteiger partial charge in [0.1, 0.15) is 5.60 Å². The van der Waals surface area contributed by atoms with Crippen LogP contribution in [0.15, 0.2) is 0 Å². The molecule has 0 saturated heterocycles. The molecule has 4 heteroatoms. The lowest BCUT2D eigenvalue weighted by Crippen LogP contribution is -2.54. The largest absolute Gasteiger partial charge is 0.444 e. The van der Waals surface area contributed by atoms with Crippen LogP contribution in [0.1, 0.15) is 67.7 Å². The molecule has 0 bridgehead atoms. The number of rotatable bonds is 4. The predicted molar refractivity (Wildman–Crippen MR) is 82.9 cm³/mol. The van der Waals surface area contributed by atoms with Crippen molar-refractivity contribution in [3.8, 4) is 0 Å². The van der Waals surface area contributed by atoms with E-state index in [1.807, 2.05) is 34.6 Å². The average Bonchev–Trinajstić information content (AvgIpc) is 2.50. The van der Waals surface area contributed by atoms with E-state index in [0.29, 0.717) is 11.5 Å². The summed E-state index contributed by atoms with van der Waals surface area (Å²) < 4.78 is 5.31. The molecule has 0 aromatic heterocycles. The first kappa shape index (κ1) is 17.3. The van der Waals surface area contributed by atoms with Crippen LogP contribution in [-0.4, -0.2) is 29.8 Å². The van der Waals surface area contributed by atoms with Crippen molar-refractivity contribution in [2.75, 3.05) is 6.54 Å². The molecule has 2 N–H and O–H groups in total. The van der Waals surface area contributed by atoms with E-state index in [1.165, 1.54) is 19.3 Å². The van der Waals surface area contributed by atoms with Gasteiger partial charge >= 0.3 is 6.09 Å². The highest BCUT2D eigenvalue weighted by atomic mass is 16.6. The average molecular weight is 284 g/mol. The number of ether oxygens (including phenoxy) is 1. The molecule has 1 saturated carbocycles. The third-order valence-corrected chi connectivity index (χ3v) is 3.89. The van der Waals surface area contributed by atoms with E-state index in [0.717, 1.165) is 6.54 Å².